The molecule has 1 unspecified atom stereocenters. The van der Waals surface area contributed by atoms with Crippen LogP contribution in [-0.2, 0) is 4.74 Å². The first-order chi connectivity index (χ1) is 9.20. The highest BCUT2D eigenvalue weighted by Crippen LogP contribution is 2.24. The van der Waals surface area contributed by atoms with Gasteiger partial charge >= 0.3 is 0 Å². The van der Waals surface area contributed by atoms with Crippen molar-refractivity contribution in [3.05, 3.63) is 4.88 Å². The standard InChI is InChI=1S/C12H20N4O2S/c1-2-14-12-16-10(13)9(19-12)11(17)15-5-3-8-4-6-18-7-8/h8H,2-7,13H2,1H3,(H,14,16)(H,15,17). The fraction of sp³-hybridized carbons (Fsp3) is 0.667. The van der Waals surface area contributed by atoms with Crippen LogP contribution in [0.5, 0.6) is 0 Å². The molecule has 0 radical (unpaired) electrons. The van der Waals surface area contributed by atoms with E-state index in [0.29, 0.717) is 28.3 Å². The Balaban J connectivity index is 1.81. The molecule has 0 aliphatic carbocycles. The van der Waals surface area contributed by atoms with E-state index in [4.69, 9.17) is 10.5 Å². The first-order valence-corrected chi connectivity index (χ1v) is 7.38. The lowest BCUT2D eigenvalue weighted by molar-refractivity contribution is 0.0955. The molecular formula is C12H20N4O2S. The number of nitrogens with two attached hydrogens (primary N) is 1. The third kappa shape index (κ3) is 3.81. The summed E-state index contributed by atoms with van der Waals surface area (Å²) in [5.74, 6) is 0.720. The molecular weight excluding hydrogens is 264 g/mol. The lowest BCUT2D eigenvalue weighted by atomic mass is 10.1. The van der Waals surface area contributed by atoms with E-state index in [-0.39, 0.29) is 5.91 Å². The van der Waals surface area contributed by atoms with Crippen LogP contribution in [-0.4, -0.2) is 37.2 Å². The van der Waals surface area contributed by atoms with Gasteiger partial charge in [0.1, 0.15) is 10.7 Å². The Hall–Kier alpha value is -1.34. The molecule has 0 spiro atoms. The van der Waals surface area contributed by atoms with E-state index >= 15 is 0 Å². The summed E-state index contributed by atoms with van der Waals surface area (Å²) in [5.41, 5.74) is 5.74. The first-order valence-electron chi connectivity index (χ1n) is 6.56. The number of hydrogen-bond donors (Lipinski definition) is 3. The van der Waals surface area contributed by atoms with E-state index in [1.54, 1.807) is 0 Å². The van der Waals surface area contributed by atoms with Crippen molar-refractivity contribution in [1.29, 1.82) is 0 Å². The Morgan fingerprint density at radius 3 is 3.16 bits per heavy atom. The van der Waals surface area contributed by atoms with Crippen LogP contribution in [0.25, 0.3) is 0 Å². The number of rotatable bonds is 6. The van der Waals surface area contributed by atoms with Crippen molar-refractivity contribution in [3.8, 4) is 0 Å². The van der Waals surface area contributed by atoms with Crippen molar-refractivity contribution in [1.82, 2.24) is 10.3 Å². The largest absolute Gasteiger partial charge is 0.382 e. The predicted molar refractivity (Wildman–Crippen MR) is 76.6 cm³/mol. The third-order valence-corrected chi connectivity index (χ3v) is 4.08. The van der Waals surface area contributed by atoms with Crippen molar-refractivity contribution < 1.29 is 9.53 Å². The second kappa shape index (κ2) is 6.72. The van der Waals surface area contributed by atoms with E-state index in [1.807, 2.05) is 6.92 Å². The molecule has 1 atom stereocenters. The highest BCUT2D eigenvalue weighted by molar-refractivity contribution is 7.18. The molecule has 0 saturated carbocycles. The quantitative estimate of drug-likeness (QED) is 0.733. The molecule has 6 nitrogen and oxygen atoms in total. The van der Waals surface area contributed by atoms with Crippen molar-refractivity contribution >= 4 is 28.2 Å². The minimum Gasteiger partial charge on any atom is -0.382 e. The number of amides is 1. The Morgan fingerprint density at radius 2 is 2.47 bits per heavy atom. The molecule has 1 aliphatic rings. The van der Waals surface area contributed by atoms with Gasteiger partial charge in [-0.1, -0.05) is 11.3 Å². The predicted octanol–water partition coefficient (Wildman–Crippen LogP) is 1.31. The molecule has 7 heteroatoms. The molecule has 1 fully saturated rings. The van der Waals surface area contributed by atoms with E-state index < -0.39 is 0 Å². The molecule has 106 valence electrons. The maximum atomic E-state index is 12.0. The molecule has 1 aromatic heterocycles. The number of ether oxygens (including phenoxy) is 1. The normalized spacial score (nSPS) is 18.5. The number of aromatic nitrogens is 1. The summed E-state index contributed by atoms with van der Waals surface area (Å²) >= 11 is 1.29. The molecule has 4 N–H and O–H groups in total. The number of carbonyl (C=O) groups is 1. The van der Waals surface area contributed by atoms with Gasteiger partial charge in [0.15, 0.2) is 5.13 Å². The second-order valence-electron chi connectivity index (χ2n) is 4.54. The zero-order valence-electron chi connectivity index (χ0n) is 11.1. The van der Waals surface area contributed by atoms with Crippen LogP contribution in [0, 0.1) is 5.92 Å². The topological polar surface area (TPSA) is 89.3 Å². The van der Waals surface area contributed by atoms with Gasteiger partial charge in [-0.2, -0.15) is 0 Å². The zero-order valence-corrected chi connectivity index (χ0v) is 11.9. The van der Waals surface area contributed by atoms with E-state index in [2.05, 4.69) is 15.6 Å². The smallest absolute Gasteiger partial charge is 0.265 e. The SMILES string of the molecule is CCNc1nc(N)c(C(=O)NCCC2CCOC2)s1. The number of nitrogens with one attached hydrogen (secondary N) is 2. The van der Waals surface area contributed by atoms with Gasteiger partial charge in [0.25, 0.3) is 5.91 Å². The van der Waals surface area contributed by atoms with Crippen LogP contribution in [0.4, 0.5) is 10.9 Å². The van der Waals surface area contributed by atoms with Crippen LogP contribution in [0.3, 0.4) is 0 Å². The second-order valence-corrected chi connectivity index (χ2v) is 5.54. The van der Waals surface area contributed by atoms with E-state index in [9.17, 15) is 4.79 Å². The lowest BCUT2D eigenvalue weighted by Gasteiger charge is -2.07. The lowest BCUT2D eigenvalue weighted by Crippen LogP contribution is -2.26. The number of nitrogen functional groups attached to an aromatic ring is 1. The van der Waals surface area contributed by atoms with Crippen LogP contribution in [0.2, 0.25) is 0 Å². The third-order valence-electron chi connectivity index (χ3n) is 3.05. The average Bonchev–Trinajstić information content (AvgIpc) is 2.99. The summed E-state index contributed by atoms with van der Waals surface area (Å²) in [7, 11) is 0. The summed E-state index contributed by atoms with van der Waals surface area (Å²) in [5, 5.41) is 6.63. The molecule has 1 saturated heterocycles. The van der Waals surface area contributed by atoms with Crippen LogP contribution in [0.1, 0.15) is 29.4 Å². The van der Waals surface area contributed by atoms with Gasteiger partial charge < -0.3 is 21.1 Å². The van der Waals surface area contributed by atoms with Crippen LogP contribution < -0.4 is 16.4 Å². The van der Waals surface area contributed by atoms with Crippen molar-refractivity contribution in [2.45, 2.75) is 19.8 Å². The first kappa shape index (κ1) is 14.1. The number of carbonyl (C=O) groups excluding carboxylic acids is 1. The average molecular weight is 284 g/mol. The maximum Gasteiger partial charge on any atom is 0.265 e. The summed E-state index contributed by atoms with van der Waals surface area (Å²) in [6.07, 6.45) is 2.04. The highest BCUT2D eigenvalue weighted by atomic mass is 32.1. The molecule has 1 aliphatic heterocycles. The molecule has 19 heavy (non-hydrogen) atoms. The minimum atomic E-state index is -0.141. The van der Waals surface area contributed by atoms with Crippen molar-refractivity contribution in [2.75, 3.05) is 37.4 Å². The molecule has 2 rings (SSSR count). The highest BCUT2D eigenvalue weighted by Gasteiger charge is 2.18. The Bertz CT molecular complexity index is 429. The van der Waals surface area contributed by atoms with Gasteiger partial charge in [-0.05, 0) is 25.7 Å². The minimum absolute atomic E-state index is 0.141. The van der Waals surface area contributed by atoms with E-state index in [0.717, 1.165) is 32.6 Å². The Kier molecular flexibility index (Phi) is 4.98. The number of thiazole rings is 1. The van der Waals surface area contributed by atoms with Gasteiger partial charge in [0, 0.05) is 26.3 Å². The number of anilines is 2. The van der Waals surface area contributed by atoms with Gasteiger partial charge in [-0.3, -0.25) is 4.79 Å². The summed E-state index contributed by atoms with van der Waals surface area (Å²) in [6.45, 7) is 5.03. The Morgan fingerprint density at radius 1 is 1.63 bits per heavy atom. The molecule has 0 bridgehead atoms. The molecule has 2 heterocycles. The fourth-order valence-corrected chi connectivity index (χ4v) is 2.87. The van der Waals surface area contributed by atoms with Crippen molar-refractivity contribution in [3.63, 3.8) is 0 Å². The monoisotopic (exact) mass is 284 g/mol. The van der Waals surface area contributed by atoms with E-state index in [1.165, 1.54) is 11.3 Å². The number of hydrogen-bond acceptors (Lipinski definition) is 6. The maximum absolute atomic E-state index is 12.0. The van der Waals surface area contributed by atoms with Gasteiger partial charge in [0.2, 0.25) is 0 Å². The summed E-state index contributed by atoms with van der Waals surface area (Å²) < 4.78 is 5.30. The van der Waals surface area contributed by atoms with Gasteiger partial charge in [0.05, 0.1) is 0 Å². The summed E-state index contributed by atoms with van der Waals surface area (Å²) in [4.78, 5) is 16.6. The zero-order chi connectivity index (χ0) is 13.7. The Labute approximate surface area is 116 Å². The number of nitrogens with zero attached hydrogens (tertiary/aromatic N) is 1. The van der Waals surface area contributed by atoms with Gasteiger partial charge in [-0.15, -0.1) is 0 Å². The fourth-order valence-electron chi connectivity index (χ4n) is 2.00. The van der Waals surface area contributed by atoms with Gasteiger partial charge in [-0.25, -0.2) is 4.98 Å². The molecule has 1 amide bonds. The van der Waals surface area contributed by atoms with Crippen LogP contribution in [0.15, 0.2) is 0 Å². The molecule has 1 aromatic rings. The van der Waals surface area contributed by atoms with Crippen molar-refractivity contribution in [2.24, 2.45) is 5.92 Å². The van der Waals surface area contributed by atoms with Crippen LogP contribution >= 0.6 is 11.3 Å². The summed E-state index contributed by atoms with van der Waals surface area (Å²) in [6, 6.07) is 0. The molecule has 0 aromatic carbocycles.